The molecule has 0 spiro atoms. The molecule has 0 aliphatic rings. The minimum Gasteiger partial charge on any atom is -0.294 e. The molecule has 0 N–H and O–H groups in total. The van der Waals surface area contributed by atoms with Gasteiger partial charge in [-0.3, -0.25) is 9.48 Å². The van der Waals surface area contributed by atoms with Gasteiger partial charge in [0.05, 0.1) is 12.1 Å². The summed E-state index contributed by atoms with van der Waals surface area (Å²) in [5.74, 6) is 0.0188. The van der Waals surface area contributed by atoms with E-state index in [4.69, 9.17) is 11.6 Å². The lowest BCUT2D eigenvalue weighted by Crippen LogP contribution is -2.04. The van der Waals surface area contributed by atoms with E-state index in [1.165, 1.54) is 0 Å². The highest BCUT2D eigenvalue weighted by Crippen LogP contribution is 2.17. The van der Waals surface area contributed by atoms with E-state index in [2.05, 4.69) is 10.3 Å². The first-order valence-corrected chi connectivity index (χ1v) is 5.58. The Morgan fingerprint density at radius 1 is 1.47 bits per heavy atom. The quantitative estimate of drug-likeness (QED) is 0.784. The summed E-state index contributed by atoms with van der Waals surface area (Å²) in [6, 6.07) is 5.26. The number of rotatable bonds is 3. The van der Waals surface area contributed by atoms with Crippen molar-refractivity contribution in [1.29, 1.82) is 0 Å². The maximum atomic E-state index is 12.0. The molecule has 0 saturated carbocycles. The lowest BCUT2D eigenvalue weighted by atomic mass is 10.0. The number of hydrogen-bond donors (Lipinski definition) is 0. The third-order valence-electron chi connectivity index (χ3n) is 2.47. The zero-order valence-corrected chi connectivity index (χ0v) is 10.4. The van der Waals surface area contributed by atoms with E-state index in [0.29, 0.717) is 16.3 Å². The third kappa shape index (κ3) is 2.71. The summed E-state index contributed by atoms with van der Waals surface area (Å²) < 4.78 is 1.58. The molecule has 0 saturated heterocycles. The molecule has 0 aliphatic carbocycles. The van der Waals surface area contributed by atoms with E-state index in [-0.39, 0.29) is 12.2 Å². The van der Waals surface area contributed by atoms with Crippen LogP contribution in [0.2, 0.25) is 5.02 Å². The summed E-state index contributed by atoms with van der Waals surface area (Å²) in [5.41, 5.74) is 2.22. The lowest BCUT2D eigenvalue weighted by molar-refractivity contribution is 0.0992. The summed E-state index contributed by atoms with van der Waals surface area (Å²) >= 11 is 5.91. The molecule has 4 nitrogen and oxygen atoms in total. The second kappa shape index (κ2) is 4.67. The maximum absolute atomic E-state index is 12.0. The molecule has 0 amide bonds. The van der Waals surface area contributed by atoms with Crippen molar-refractivity contribution < 1.29 is 4.79 Å². The zero-order chi connectivity index (χ0) is 12.4. The third-order valence-corrected chi connectivity index (χ3v) is 2.90. The van der Waals surface area contributed by atoms with Crippen LogP contribution in [0.15, 0.2) is 24.4 Å². The van der Waals surface area contributed by atoms with Crippen molar-refractivity contribution in [3.8, 4) is 0 Å². The summed E-state index contributed by atoms with van der Waals surface area (Å²) in [6.07, 6.45) is 2.00. The molecule has 88 valence electrons. The molecule has 0 atom stereocenters. The molecule has 0 radical (unpaired) electrons. The molecule has 1 aromatic heterocycles. The second-order valence-electron chi connectivity index (χ2n) is 3.95. The van der Waals surface area contributed by atoms with Gasteiger partial charge in [-0.1, -0.05) is 16.8 Å². The highest BCUT2D eigenvalue weighted by molar-refractivity contribution is 6.31. The lowest BCUT2D eigenvalue weighted by Gasteiger charge is -2.02. The molecule has 0 bridgehead atoms. The largest absolute Gasteiger partial charge is 0.294 e. The summed E-state index contributed by atoms with van der Waals surface area (Å²) in [5, 5.41) is 8.34. The molecular weight excluding hydrogens is 238 g/mol. The van der Waals surface area contributed by atoms with E-state index in [1.807, 2.05) is 6.92 Å². The average Bonchev–Trinajstić information content (AvgIpc) is 2.68. The van der Waals surface area contributed by atoms with Crippen LogP contribution >= 0.6 is 11.6 Å². The topological polar surface area (TPSA) is 47.8 Å². The van der Waals surface area contributed by atoms with Crippen LogP contribution < -0.4 is 0 Å². The van der Waals surface area contributed by atoms with Crippen LogP contribution in [0.25, 0.3) is 0 Å². The summed E-state index contributed by atoms with van der Waals surface area (Å²) in [7, 11) is 1.77. The van der Waals surface area contributed by atoms with Crippen LogP contribution in [0, 0.1) is 6.92 Å². The van der Waals surface area contributed by atoms with Crippen LogP contribution in [0.1, 0.15) is 21.6 Å². The molecule has 2 rings (SSSR count). The number of halogens is 1. The Kier molecular flexibility index (Phi) is 3.24. The van der Waals surface area contributed by atoms with Crippen LogP contribution in [0.5, 0.6) is 0 Å². The average molecular weight is 250 g/mol. The first-order chi connectivity index (χ1) is 8.06. The number of nitrogens with zero attached hydrogens (tertiary/aromatic N) is 3. The van der Waals surface area contributed by atoms with E-state index in [9.17, 15) is 4.79 Å². The van der Waals surface area contributed by atoms with Gasteiger partial charge >= 0.3 is 0 Å². The number of Topliss-reactive ketones (excluding diaryl/α,β-unsaturated/α-hetero) is 1. The number of ketones is 1. The van der Waals surface area contributed by atoms with Gasteiger partial charge in [-0.15, -0.1) is 5.10 Å². The van der Waals surface area contributed by atoms with Gasteiger partial charge in [0.25, 0.3) is 0 Å². The van der Waals surface area contributed by atoms with Gasteiger partial charge in [0, 0.05) is 23.8 Å². The predicted octanol–water partition coefficient (Wildman–Crippen LogP) is 2.20. The summed E-state index contributed by atoms with van der Waals surface area (Å²) in [6.45, 7) is 1.88. The SMILES string of the molecule is Cc1cc(C(=O)Cc2cn(C)nn2)ccc1Cl. The van der Waals surface area contributed by atoms with Gasteiger partial charge in [0.2, 0.25) is 0 Å². The molecule has 5 heteroatoms. The van der Waals surface area contributed by atoms with Gasteiger partial charge in [0.15, 0.2) is 5.78 Å². The Bertz CT molecular complexity index is 563. The molecule has 0 fully saturated rings. The van der Waals surface area contributed by atoms with Crippen molar-refractivity contribution in [3.05, 3.63) is 46.2 Å². The smallest absolute Gasteiger partial charge is 0.168 e. The fourth-order valence-corrected chi connectivity index (χ4v) is 1.68. The van der Waals surface area contributed by atoms with Crippen molar-refractivity contribution in [1.82, 2.24) is 15.0 Å². The minimum absolute atomic E-state index is 0.0188. The number of aryl methyl sites for hydroxylation is 2. The highest BCUT2D eigenvalue weighted by atomic mass is 35.5. The number of benzene rings is 1. The van der Waals surface area contributed by atoms with E-state index in [1.54, 1.807) is 36.1 Å². The van der Waals surface area contributed by atoms with Crippen LogP contribution in [-0.4, -0.2) is 20.8 Å². The molecule has 0 unspecified atom stereocenters. The maximum Gasteiger partial charge on any atom is 0.168 e. The van der Waals surface area contributed by atoms with Crippen LogP contribution in [0.4, 0.5) is 0 Å². The molecule has 1 aromatic carbocycles. The van der Waals surface area contributed by atoms with Gasteiger partial charge in [-0.05, 0) is 30.7 Å². The number of carbonyl (C=O) groups is 1. The second-order valence-corrected chi connectivity index (χ2v) is 4.35. The van der Waals surface area contributed by atoms with Crippen LogP contribution in [-0.2, 0) is 13.5 Å². The zero-order valence-electron chi connectivity index (χ0n) is 9.64. The van der Waals surface area contributed by atoms with E-state index in [0.717, 1.165) is 5.56 Å². The van der Waals surface area contributed by atoms with Gasteiger partial charge in [-0.25, -0.2) is 0 Å². The minimum atomic E-state index is 0.0188. The van der Waals surface area contributed by atoms with E-state index < -0.39 is 0 Å². The van der Waals surface area contributed by atoms with E-state index >= 15 is 0 Å². The number of aromatic nitrogens is 3. The fourth-order valence-electron chi connectivity index (χ4n) is 1.56. The molecule has 17 heavy (non-hydrogen) atoms. The summed E-state index contributed by atoms with van der Waals surface area (Å²) in [4.78, 5) is 12.0. The van der Waals surface area contributed by atoms with Crippen molar-refractivity contribution in [3.63, 3.8) is 0 Å². The van der Waals surface area contributed by atoms with Crippen molar-refractivity contribution in [2.24, 2.45) is 7.05 Å². The van der Waals surface area contributed by atoms with Crippen molar-refractivity contribution >= 4 is 17.4 Å². The van der Waals surface area contributed by atoms with Crippen LogP contribution in [0.3, 0.4) is 0 Å². The van der Waals surface area contributed by atoms with Gasteiger partial charge in [0.1, 0.15) is 0 Å². The van der Waals surface area contributed by atoms with Gasteiger partial charge in [-0.2, -0.15) is 0 Å². The predicted molar refractivity (Wildman–Crippen MR) is 65.2 cm³/mol. The molecular formula is C12H12ClN3O. The number of hydrogen-bond acceptors (Lipinski definition) is 3. The Hall–Kier alpha value is -1.68. The highest BCUT2D eigenvalue weighted by Gasteiger charge is 2.10. The monoisotopic (exact) mass is 249 g/mol. The van der Waals surface area contributed by atoms with Crippen molar-refractivity contribution in [2.75, 3.05) is 0 Å². The molecule has 0 aliphatic heterocycles. The Labute approximate surface area is 104 Å². The number of carbonyl (C=O) groups excluding carboxylic acids is 1. The normalized spacial score (nSPS) is 10.5. The van der Waals surface area contributed by atoms with Crippen molar-refractivity contribution in [2.45, 2.75) is 13.3 Å². The Balaban J connectivity index is 2.17. The standard InChI is InChI=1S/C12H12ClN3O/c1-8-5-9(3-4-11(8)13)12(17)6-10-7-16(2)15-14-10/h3-5,7H,6H2,1-2H3. The Morgan fingerprint density at radius 3 is 2.82 bits per heavy atom. The first kappa shape index (κ1) is 11.8. The van der Waals surface area contributed by atoms with Gasteiger partial charge < -0.3 is 0 Å². The molecule has 2 aromatic rings. The molecule has 1 heterocycles. The fraction of sp³-hybridized carbons (Fsp3) is 0.250. The first-order valence-electron chi connectivity index (χ1n) is 5.21. The Morgan fingerprint density at radius 2 is 2.24 bits per heavy atom.